The maximum atomic E-state index is 13.1. The molecule has 0 saturated carbocycles. The van der Waals surface area contributed by atoms with E-state index >= 15 is 0 Å². The van der Waals surface area contributed by atoms with E-state index in [1.807, 2.05) is 19.1 Å². The van der Waals surface area contributed by atoms with Crippen molar-refractivity contribution in [2.45, 2.75) is 30.4 Å². The highest BCUT2D eigenvalue weighted by molar-refractivity contribution is 7.89. The summed E-state index contributed by atoms with van der Waals surface area (Å²) >= 11 is 0. The minimum atomic E-state index is -3.75. The van der Waals surface area contributed by atoms with E-state index in [2.05, 4.69) is 4.98 Å². The van der Waals surface area contributed by atoms with E-state index in [0.717, 1.165) is 10.9 Å². The lowest BCUT2D eigenvalue weighted by Crippen LogP contribution is -2.38. The summed E-state index contributed by atoms with van der Waals surface area (Å²) in [6, 6.07) is 6.57. The summed E-state index contributed by atoms with van der Waals surface area (Å²) in [6.07, 6.45) is 1.95. The fourth-order valence-electron chi connectivity index (χ4n) is 3.05. The Morgan fingerprint density at radius 3 is 2.91 bits per heavy atom. The lowest BCUT2D eigenvalue weighted by molar-refractivity contribution is 0.113. The Hall–Kier alpha value is -1.54. The van der Waals surface area contributed by atoms with Crippen LogP contribution in [0.4, 0.5) is 0 Å². The van der Waals surface area contributed by atoms with E-state index in [1.165, 1.54) is 4.31 Å². The Kier molecular flexibility index (Phi) is 4.37. The quantitative estimate of drug-likeness (QED) is 0.911. The molecule has 0 spiro atoms. The molecule has 0 bridgehead atoms. The summed E-state index contributed by atoms with van der Waals surface area (Å²) in [5, 5.41) is 10.3. The molecule has 23 heavy (non-hydrogen) atoms. The molecule has 0 aliphatic carbocycles. The molecule has 1 aliphatic rings. The fourth-order valence-corrected chi connectivity index (χ4v) is 4.88. The average molecular weight is 336 g/mol. The van der Waals surface area contributed by atoms with E-state index < -0.39 is 16.1 Å². The highest BCUT2D eigenvalue weighted by Crippen LogP contribution is 2.30. The molecule has 2 atom stereocenters. The van der Waals surface area contributed by atoms with Crippen LogP contribution in [-0.4, -0.2) is 55.2 Å². The van der Waals surface area contributed by atoms with E-state index in [4.69, 9.17) is 4.74 Å². The summed E-state index contributed by atoms with van der Waals surface area (Å²) < 4.78 is 32.8. The van der Waals surface area contributed by atoms with Gasteiger partial charge >= 0.3 is 0 Å². The van der Waals surface area contributed by atoms with E-state index in [1.54, 1.807) is 25.4 Å². The van der Waals surface area contributed by atoms with Gasteiger partial charge in [-0.25, -0.2) is 8.42 Å². The topological polar surface area (TPSA) is 79.7 Å². The molecule has 6 nitrogen and oxygen atoms in total. The van der Waals surface area contributed by atoms with Crippen molar-refractivity contribution in [2.24, 2.45) is 0 Å². The van der Waals surface area contributed by atoms with Crippen LogP contribution in [0.1, 0.15) is 12.0 Å². The van der Waals surface area contributed by atoms with Crippen LogP contribution < -0.4 is 0 Å². The monoisotopic (exact) mass is 336 g/mol. The molecule has 3 rings (SSSR count). The molecule has 2 heterocycles. The van der Waals surface area contributed by atoms with E-state index in [-0.39, 0.29) is 24.2 Å². The molecular formula is C16H20N2O4S. The lowest BCUT2D eigenvalue weighted by Gasteiger charge is -2.22. The average Bonchev–Trinajstić information content (AvgIpc) is 2.98. The minimum Gasteiger partial charge on any atom is -0.395 e. The number of ether oxygens (including phenoxy) is 1. The number of para-hydroxylation sites is 1. The molecule has 7 heteroatoms. The second-order valence-corrected chi connectivity index (χ2v) is 7.70. The van der Waals surface area contributed by atoms with Gasteiger partial charge in [-0.1, -0.05) is 12.1 Å². The van der Waals surface area contributed by atoms with Crippen LogP contribution in [0.5, 0.6) is 0 Å². The maximum Gasteiger partial charge on any atom is 0.245 e. The van der Waals surface area contributed by atoms with Crippen molar-refractivity contribution in [3.63, 3.8) is 0 Å². The highest BCUT2D eigenvalue weighted by Gasteiger charge is 2.40. The molecule has 0 radical (unpaired) electrons. The molecular weight excluding hydrogens is 316 g/mol. The van der Waals surface area contributed by atoms with Crippen LogP contribution in [0.2, 0.25) is 0 Å². The second-order valence-electron chi connectivity index (χ2n) is 5.85. The van der Waals surface area contributed by atoms with Gasteiger partial charge in [0.15, 0.2) is 0 Å². The number of hydrogen-bond acceptors (Lipinski definition) is 5. The van der Waals surface area contributed by atoms with Gasteiger partial charge in [0.2, 0.25) is 10.0 Å². The van der Waals surface area contributed by atoms with Crippen LogP contribution in [-0.2, 0) is 14.8 Å². The van der Waals surface area contributed by atoms with Gasteiger partial charge in [-0.05, 0) is 31.0 Å². The second kappa shape index (κ2) is 6.16. The Bertz CT molecular complexity index is 822. The predicted molar refractivity (Wildman–Crippen MR) is 86.7 cm³/mol. The zero-order valence-electron chi connectivity index (χ0n) is 13.1. The number of aromatic nitrogens is 1. The molecule has 1 fully saturated rings. The number of pyridine rings is 1. The first-order chi connectivity index (χ1) is 11.0. The standard InChI is InChI=1S/C16H20N2O4S/c1-11-6-12-4-3-5-15(16(12)17-8-11)23(20,21)18-9-14(22-2)7-13(18)10-19/h3-6,8,13-14,19H,7,9-10H2,1-2H3/t13-,14-/m0/s1. The lowest BCUT2D eigenvalue weighted by atomic mass is 10.2. The van der Waals surface area contributed by atoms with Crippen LogP contribution >= 0.6 is 0 Å². The van der Waals surface area contributed by atoms with Crippen LogP contribution in [0, 0.1) is 6.92 Å². The fraction of sp³-hybridized carbons (Fsp3) is 0.438. The number of nitrogens with zero attached hydrogens (tertiary/aromatic N) is 2. The molecule has 0 amide bonds. The SMILES string of the molecule is CO[C@H]1C[C@@H](CO)N(S(=O)(=O)c2cccc3cc(C)cnc23)C1. The van der Waals surface area contributed by atoms with Crippen molar-refractivity contribution >= 4 is 20.9 Å². The van der Waals surface area contributed by atoms with E-state index in [0.29, 0.717) is 11.9 Å². The first-order valence-corrected chi connectivity index (χ1v) is 8.92. The van der Waals surface area contributed by atoms with Gasteiger partial charge in [0.05, 0.1) is 24.3 Å². The third kappa shape index (κ3) is 2.85. The maximum absolute atomic E-state index is 13.1. The van der Waals surface area contributed by atoms with Gasteiger partial charge in [-0.3, -0.25) is 4.98 Å². The number of aliphatic hydroxyl groups excluding tert-OH is 1. The van der Waals surface area contributed by atoms with Crippen LogP contribution in [0.3, 0.4) is 0 Å². The molecule has 0 unspecified atom stereocenters. The van der Waals surface area contributed by atoms with Crippen molar-refractivity contribution < 1.29 is 18.3 Å². The Labute approximate surface area is 135 Å². The van der Waals surface area contributed by atoms with Gasteiger partial charge in [0.25, 0.3) is 0 Å². The first kappa shape index (κ1) is 16.3. The highest BCUT2D eigenvalue weighted by atomic mass is 32.2. The van der Waals surface area contributed by atoms with Gasteiger partial charge < -0.3 is 9.84 Å². The molecule has 124 valence electrons. The molecule has 1 aromatic carbocycles. The van der Waals surface area contributed by atoms with Crippen molar-refractivity contribution in [3.05, 3.63) is 36.0 Å². The number of rotatable bonds is 4. The summed E-state index contributed by atoms with van der Waals surface area (Å²) in [4.78, 5) is 4.48. The van der Waals surface area contributed by atoms with E-state index in [9.17, 15) is 13.5 Å². The third-order valence-corrected chi connectivity index (χ3v) is 6.22. The van der Waals surface area contributed by atoms with Gasteiger partial charge in [-0.15, -0.1) is 0 Å². The van der Waals surface area contributed by atoms with Crippen molar-refractivity contribution in [2.75, 3.05) is 20.3 Å². The summed E-state index contributed by atoms with van der Waals surface area (Å²) in [7, 11) is -2.20. The Morgan fingerprint density at radius 2 is 2.22 bits per heavy atom. The number of fused-ring (bicyclic) bond motifs is 1. The Morgan fingerprint density at radius 1 is 1.43 bits per heavy atom. The zero-order valence-corrected chi connectivity index (χ0v) is 14.0. The molecule has 1 aliphatic heterocycles. The first-order valence-electron chi connectivity index (χ1n) is 7.48. The largest absolute Gasteiger partial charge is 0.395 e. The summed E-state index contributed by atoms with van der Waals surface area (Å²) in [5.41, 5.74) is 1.43. The Balaban J connectivity index is 2.10. The smallest absolute Gasteiger partial charge is 0.245 e. The van der Waals surface area contributed by atoms with Crippen molar-refractivity contribution in [3.8, 4) is 0 Å². The van der Waals surface area contributed by atoms with Crippen LogP contribution in [0.25, 0.3) is 10.9 Å². The minimum absolute atomic E-state index is 0.171. The number of methoxy groups -OCH3 is 1. The summed E-state index contributed by atoms with van der Waals surface area (Å²) in [6.45, 7) is 1.93. The van der Waals surface area contributed by atoms with Gasteiger partial charge in [-0.2, -0.15) is 4.31 Å². The molecule has 1 aromatic heterocycles. The van der Waals surface area contributed by atoms with Gasteiger partial charge in [0, 0.05) is 25.2 Å². The zero-order chi connectivity index (χ0) is 16.6. The number of hydrogen-bond donors (Lipinski definition) is 1. The number of aryl methyl sites for hydroxylation is 1. The van der Waals surface area contributed by atoms with Gasteiger partial charge in [0.1, 0.15) is 4.90 Å². The summed E-state index contributed by atoms with van der Waals surface area (Å²) in [5.74, 6) is 0. The molecule has 2 aromatic rings. The predicted octanol–water partition coefficient (Wildman–Crippen LogP) is 1.31. The van der Waals surface area contributed by atoms with Crippen LogP contribution in [0.15, 0.2) is 35.4 Å². The van der Waals surface area contributed by atoms with Crippen molar-refractivity contribution in [1.82, 2.24) is 9.29 Å². The number of sulfonamides is 1. The third-order valence-electron chi connectivity index (χ3n) is 4.27. The normalized spacial score (nSPS) is 22.7. The molecule has 1 N–H and O–H groups in total. The van der Waals surface area contributed by atoms with Crippen molar-refractivity contribution in [1.29, 1.82) is 0 Å². The number of benzene rings is 1. The number of aliphatic hydroxyl groups is 1. The molecule has 1 saturated heterocycles.